The van der Waals surface area contributed by atoms with Crippen molar-refractivity contribution in [3.8, 4) is 5.75 Å². The highest BCUT2D eigenvalue weighted by atomic mass is 32.2. The van der Waals surface area contributed by atoms with Crippen LogP contribution in [0.2, 0.25) is 0 Å². The summed E-state index contributed by atoms with van der Waals surface area (Å²) in [6, 6.07) is 6.49. The van der Waals surface area contributed by atoms with Crippen molar-refractivity contribution in [2.24, 2.45) is 7.05 Å². The Bertz CT molecular complexity index is 1180. The van der Waals surface area contributed by atoms with Gasteiger partial charge in [-0.15, -0.1) is 10.2 Å². The number of nitro groups is 1. The molecule has 33 heavy (non-hydrogen) atoms. The summed E-state index contributed by atoms with van der Waals surface area (Å²) in [6.45, 7) is 2.05. The van der Waals surface area contributed by atoms with Gasteiger partial charge in [0, 0.05) is 18.7 Å². The number of rotatable bonds is 8. The molecular formula is C20H18F3N5O4S. The Morgan fingerprint density at radius 3 is 2.64 bits per heavy atom. The zero-order valence-corrected chi connectivity index (χ0v) is 18.2. The van der Waals surface area contributed by atoms with Crippen molar-refractivity contribution in [2.45, 2.75) is 29.6 Å². The van der Waals surface area contributed by atoms with Gasteiger partial charge in [0.1, 0.15) is 12.1 Å². The van der Waals surface area contributed by atoms with E-state index < -0.39 is 22.6 Å². The summed E-state index contributed by atoms with van der Waals surface area (Å²) in [4.78, 5) is 23.9. The minimum Gasteiger partial charge on any atom is -0.491 e. The van der Waals surface area contributed by atoms with Crippen LogP contribution in [-0.4, -0.2) is 32.2 Å². The van der Waals surface area contributed by atoms with Gasteiger partial charge < -0.3 is 14.6 Å². The normalized spacial score (nSPS) is 11.3. The Kier molecular flexibility index (Phi) is 7.21. The molecule has 1 aromatic heterocycles. The molecule has 0 atom stereocenters. The van der Waals surface area contributed by atoms with Crippen molar-refractivity contribution in [3.05, 3.63) is 64.0 Å². The van der Waals surface area contributed by atoms with E-state index in [1.165, 1.54) is 18.5 Å². The van der Waals surface area contributed by atoms with E-state index in [0.717, 1.165) is 36.0 Å². The largest absolute Gasteiger partial charge is 0.491 e. The second-order valence-electron chi connectivity index (χ2n) is 6.78. The van der Waals surface area contributed by atoms with Gasteiger partial charge in [-0.2, -0.15) is 13.2 Å². The van der Waals surface area contributed by atoms with Crippen LogP contribution in [0.15, 0.2) is 52.8 Å². The molecule has 13 heteroatoms. The van der Waals surface area contributed by atoms with E-state index in [4.69, 9.17) is 4.74 Å². The molecule has 9 nitrogen and oxygen atoms in total. The molecule has 0 spiro atoms. The number of hydrogen-bond donors (Lipinski definition) is 1. The molecule has 0 saturated heterocycles. The number of nitrogens with one attached hydrogen (secondary N) is 1. The van der Waals surface area contributed by atoms with Crippen LogP contribution in [0.25, 0.3) is 0 Å². The van der Waals surface area contributed by atoms with Gasteiger partial charge in [0.05, 0.1) is 27.7 Å². The molecule has 0 bridgehead atoms. The first kappa shape index (κ1) is 24.0. The predicted octanol–water partition coefficient (Wildman–Crippen LogP) is 4.93. The van der Waals surface area contributed by atoms with Gasteiger partial charge in [-0.3, -0.25) is 14.9 Å². The van der Waals surface area contributed by atoms with E-state index in [2.05, 4.69) is 15.5 Å². The molecule has 0 aliphatic heterocycles. The number of anilines is 1. The van der Waals surface area contributed by atoms with E-state index in [9.17, 15) is 28.1 Å². The van der Waals surface area contributed by atoms with Crippen LogP contribution in [0.4, 0.5) is 24.5 Å². The van der Waals surface area contributed by atoms with Crippen LogP contribution in [0.3, 0.4) is 0 Å². The third-order valence-corrected chi connectivity index (χ3v) is 5.42. The predicted molar refractivity (Wildman–Crippen MR) is 113 cm³/mol. The number of ether oxygens (including phenoxy) is 1. The summed E-state index contributed by atoms with van der Waals surface area (Å²) in [5.41, 5.74) is -1.63. The zero-order chi connectivity index (χ0) is 24.2. The zero-order valence-electron chi connectivity index (χ0n) is 17.4. The molecule has 0 unspecified atom stereocenters. The molecule has 3 aromatic rings. The Morgan fingerprint density at radius 2 is 2.03 bits per heavy atom. The summed E-state index contributed by atoms with van der Waals surface area (Å²) in [5, 5.41) is 21.9. The maximum atomic E-state index is 13.1. The Hall–Kier alpha value is -3.61. The molecule has 1 amide bonds. The quantitative estimate of drug-likeness (QED) is 0.358. The van der Waals surface area contributed by atoms with Gasteiger partial charge in [0.2, 0.25) is 0 Å². The SMILES string of the molecule is CCCOc1ccc(C(F)(F)F)cc1NC(=O)c1ccc(Sc2nncn2C)c([N+](=O)[O-])c1. The number of hydrogen-bond acceptors (Lipinski definition) is 7. The first-order valence-electron chi connectivity index (χ1n) is 9.55. The van der Waals surface area contributed by atoms with Gasteiger partial charge in [0.25, 0.3) is 11.6 Å². The van der Waals surface area contributed by atoms with Crippen molar-refractivity contribution in [2.75, 3.05) is 11.9 Å². The molecule has 0 saturated carbocycles. The standard InChI is InChI=1S/C20H18F3N5O4S/c1-3-8-32-16-6-5-13(20(21,22)23)10-14(16)25-18(29)12-4-7-17(15(9-12)28(30)31)33-19-26-24-11-27(19)2/h4-7,9-11H,3,8H2,1-2H3,(H,25,29). The molecule has 0 aliphatic rings. The highest BCUT2D eigenvalue weighted by molar-refractivity contribution is 7.99. The average molecular weight is 481 g/mol. The van der Waals surface area contributed by atoms with E-state index in [1.54, 1.807) is 11.6 Å². The summed E-state index contributed by atoms with van der Waals surface area (Å²) in [7, 11) is 1.67. The van der Waals surface area contributed by atoms with Crippen LogP contribution in [-0.2, 0) is 13.2 Å². The number of carbonyl (C=O) groups is 1. The molecule has 1 heterocycles. The Morgan fingerprint density at radius 1 is 1.27 bits per heavy atom. The molecule has 2 aromatic carbocycles. The summed E-state index contributed by atoms with van der Waals surface area (Å²) < 4.78 is 46.4. The van der Waals surface area contributed by atoms with Crippen LogP contribution in [0.1, 0.15) is 29.3 Å². The summed E-state index contributed by atoms with van der Waals surface area (Å²) in [6.07, 6.45) is -2.59. The topological polar surface area (TPSA) is 112 Å². The third-order valence-electron chi connectivity index (χ3n) is 4.31. The lowest BCUT2D eigenvalue weighted by Crippen LogP contribution is -2.15. The fourth-order valence-electron chi connectivity index (χ4n) is 2.69. The van der Waals surface area contributed by atoms with Crippen LogP contribution < -0.4 is 10.1 Å². The molecule has 3 rings (SSSR count). The highest BCUT2D eigenvalue weighted by Gasteiger charge is 2.31. The van der Waals surface area contributed by atoms with Crippen molar-refractivity contribution in [3.63, 3.8) is 0 Å². The maximum absolute atomic E-state index is 13.1. The second-order valence-corrected chi connectivity index (χ2v) is 7.79. The third kappa shape index (κ3) is 5.80. The minimum absolute atomic E-state index is 0.0576. The number of halogens is 3. The van der Waals surface area contributed by atoms with Crippen molar-refractivity contribution >= 4 is 29.0 Å². The van der Waals surface area contributed by atoms with Gasteiger partial charge in [-0.05, 0) is 48.5 Å². The first-order valence-corrected chi connectivity index (χ1v) is 10.4. The number of nitro benzene ring substituents is 1. The molecule has 174 valence electrons. The lowest BCUT2D eigenvalue weighted by atomic mass is 10.1. The van der Waals surface area contributed by atoms with Crippen LogP contribution in [0, 0.1) is 10.1 Å². The maximum Gasteiger partial charge on any atom is 0.416 e. The Labute approximate surface area is 190 Å². The molecule has 0 aliphatic carbocycles. The lowest BCUT2D eigenvalue weighted by molar-refractivity contribution is -0.387. The highest BCUT2D eigenvalue weighted by Crippen LogP contribution is 2.37. The van der Waals surface area contributed by atoms with Gasteiger partial charge in [-0.25, -0.2) is 0 Å². The van der Waals surface area contributed by atoms with Crippen molar-refractivity contribution in [1.29, 1.82) is 0 Å². The van der Waals surface area contributed by atoms with Gasteiger partial charge in [0.15, 0.2) is 5.16 Å². The molecule has 0 radical (unpaired) electrons. The number of carbonyl (C=O) groups excluding carboxylic acids is 1. The minimum atomic E-state index is -4.62. The van der Waals surface area contributed by atoms with Gasteiger partial charge >= 0.3 is 6.18 Å². The average Bonchev–Trinajstić information content (AvgIpc) is 3.16. The van der Waals surface area contributed by atoms with E-state index in [0.29, 0.717) is 11.6 Å². The van der Waals surface area contributed by atoms with Gasteiger partial charge in [-0.1, -0.05) is 6.92 Å². The second kappa shape index (κ2) is 9.90. The first-order chi connectivity index (χ1) is 15.6. The number of nitrogens with zero attached hydrogens (tertiary/aromatic N) is 4. The fourth-order valence-corrected chi connectivity index (χ4v) is 3.54. The van der Waals surface area contributed by atoms with Crippen molar-refractivity contribution < 1.29 is 27.6 Å². The van der Waals surface area contributed by atoms with Crippen molar-refractivity contribution in [1.82, 2.24) is 14.8 Å². The van der Waals surface area contributed by atoms with Crippen LogP contribution in [0.5, 0.6) is 5.75 Å². The number of aromatic nitrogens is 3. The molecule has 0 fully saturated rings. The number of amides is 1. The number of benzene rings is 2. The Balaban J connectivity index is 1.91. The van der Waals surface area contributed by atoms with E-state index in [-0.39, 0.29) is 34.2 Å². The monoisotopic (exact) mass is 481 g/mol. The van der Waals surface area contributed by atoms with Crippen LogP contribution >= 0.6 is 11.8 Å². The van der Waals surface area contributed by atoms with E-state index in [1.807, 2.05) is 6.92 Å². The smallest absolute Gasteiger partial charge is 0.416 e. The molecular weight excluding hydrogens is 463 g/mol. The number of aryl methyl sites for hydroxylation is 1. The summed E-state index contributed by atoms with van der Waals surface area (Å²) >= 11 is 0.987. The molecule has 1 N–H and O–H groups in total. The van der Waals surface area contributed by atoms with E-state index >= 15 is 0 Å². The number of alkyl halides is 3. The fraction of sp³-hybridized carbons (Fsp3) is 0.250. The summed E-state index contributed by atoms with van der Waals surface area (Å²) in [5.74, 6) is -0.767. The lowest BCUT2D eigenvalue weighted by Gasteiger charge is -2.15.